The summed E-state index contributed by atoms with van der Waals surface area (Å²) in [7, 11) is 0. The van der Waals surface area contributed by atoms with Gasteiger partial charge in [-0.15, -0.1) is 0 Å². The van der Waals surface area contributed by atoms with Gasteiger partial charge in [-0.05, 0) is 69.2 Å². The number of carbonyl (C=O) groups excluding carboxylic acids is 2. The van der Waals surface area contributed by atoms with Crippen LogP contribution in [0.2, 0.25) is 5.15 Å². The molecule has 0 radical (unpaired) electrons. The van der Waals surface area contributed by atoms with Crippen molar-refractivity contribution < 1.29 is 50.4 Å². The average molecular weight is 815 g/mol. The van der Waals surface area contributed by atoms with Gasteiger partial charge in [-0.3, -0.25) is 20.3 Å². The number of benzene rings is 1. The SMILES string of the molecule is N=C(NCCCCc1ccc(CC[C@H](NCCCN(CC[C@@H](O)[C@H](O)[C@H](O)CO)C[C@H](O)C[C@H](O)[C@H](O)CO)C(N)=O)cc1)NC(=O)c1nc(Cl)c(N)nc1N. The van der Waals surface area contributed by atoms with Crippen molar-refractivity contribution in [1.82, 2.24) is 30.8 Å². The number of aromatic nitrogens is 2. The Kier molecular flexibility index (Phi) is 22.0. The van der Waals surface area contributed by atoms with Crippen molar-refractivity contribution in [3.05, 3.63) is 46.2 Å². The number of aryl methyl sites for hydroxylation is 2. The second-order valence-corrected chi connectivity index (χ2v) is 13.9. The number of carbonyl (C=O) groups is 2. The largest absolute Gasteiger partial charge is 0.394 e. The van der Waals surface area contributed by atoms with E-state index in [0.29, 0.717) is 38.9 Å². The average Bonchev–Trinajstić information content (AvgIpc) is 3.16. The summed E-state index contributed by atoms with van der Waals surface area (Å²) in [4.78, 5) is 33.9. The molecule has 21 heteroatoms. The first-order valence-electron chi connectivity index (χ1n) is 18.4. The Bertz CT molecular complexity index is 1500. The fraction of sp³-hybridized carbons (Fsp3) is 0.629. The molecule has 0 spiro atoms. The highest BCUT2D eigenvalue weighted by Crippen LogP contribution is 2.17. The third kappa shape index (κ3) is 17.6. The first kappa shape index (κ1) is 48.3. The Morgan fingerprint density at radius 1 is 0.804 bits per heavy atom. The number of nitrogens with one attached hydrogen (secondary N) is 4. The summed E-state index contributed by atoms with van der Waals surface area (Å²) in [5.41, 5.74) is 18.7. The van der Waals surface area contributed by atoms with Gasteiger partial charge in [0.2, 0.25) is 5.91 Å². The molecule has 56 heavy (non-hydrogen) atoms. The maximum Gasteiger partial charge on any atom is 0.280 e. The first-order valence-corrected chi connectivity index (χ1v) is 18.8. The molecule has 7 atom stereocenters. The zero-order valence-corrected chi connectivity index (χ0v) is 32.1. The topological polar surface area (TPSA) is 363 Å². The van der Waals surface area contributed by atoms with Gasteiger partial charge in [0.25, 0.3) is 5.91 Å². The Labute approximate surface area is 330 Å². The maximum atomic E-state index is 12.3. The van der Waals surface area contributed by atoms with Gasteiger partial charge < -0.3 is 73.6 Å². The lowest BCUT2D eigenvalue weighted by atomic mass is 10.0. The Morgan fingerprint density at radius 2 is 1.45 bits per heavy atom. The number of unbranched alkanes of at least 4 members (excludes halogenated alkanes) is 1. The van der Waals surface area contributed by atoms with Crippen LogP contribution in [0.5, 0.6) is 0 Å². The number of rotatable bonds is 27. The van der Waals surface area contributed by atoms with Crippen LogP contribution in [0.25, 0.3) is 0 Å². The number of amides is 2. The summed E-state index contributed by atoms with van der Waals surface area (Å²) in [6.07, 6.45) is -4.76. The van der Waals surface area contributed by atoms with E-state index in [-0.39, 0.29) is 54.4 Å². The molecule has 1 aromatic heterocycles. The highest BCUT2D eigenvalue weighted by molar-refractivity contribution is 6.31. The molecule has 316 valence electrons. The summed E-state index contributed by atoms with van der Waals surface area (Å²) in [5, 5.41) is 94.3. The molecule has 0 aliphatic carbocycles. The normalized spacial score (nSPS) is 15.4. The van der Waals surface area contributed by atoms with Gasteiger partial charge in [0.15, 0.2) is 28.4 Å². The molecule has 1 aromatic carbocycles. The number of aliphatic hydroxyl groups is 8. The number of hydrogen-bond acceptors (Lipinski definition) is 17. The molecule has 0 aliphatic rings. The first-order chi connectivity index (χ1) is 26.6. The fourth-order valence-corrected chi connectivity index (χ4v) is 5.80. The van der Waals surface area contributed by atoms with E-state index in [4.69, 9.17) is 44.4 Å². The van der Waals surface area contributed by atoms with E-state index in [0.717, 1.165) is 30.4 Å². The molecule has 1 heterocycles. The van der Waals surface area contributed by atoms with Crippen LogP contribution in [-0.4, -0.2) is 162 Å². The fourth-order valence-electron chi connectivity index (χ4n) is 5.68. The van der Waals surface area contributed by atoms with E-state index >= 15 is 0 Å². The van der Waals surface area contributed by atoms with E-state index in [2.05, 4.69) is 25.9 Å². The molecule has 20 nitrogen and oxygen atoms in total. The molecule has 2 aromatic rings. The Hall–Kier alpha value is -3.80. The third-order valence-corrected chi connectivity index (χ3v) is 9.29. The van der Waals surface area contributed by atoms with Crippen LogP contribution in [0.15, 0.2) is 24.3 Å². The second-order valence-electron chi connectivity index (χ2n) is 13.6. The van der Waals surface area contributed by atoms with Crippen molar-refractivity contribution in [3.63, 3.8) is 0 Å². The van der Waals surface area contributed by atoms with Crippen molar-refractivity contribution in [2.24, 2.45) is 5.73 Å². The van der Waals surface area contributed by atoms with Gasteiger partial charge >= 0.3 is 0 Å². The summed E-state index contributed by atoms with van der Waals surface area (Å²) in [6, 6.07) is 7.37. The minimum absolute atomic E-state index is 0.0109. The predicted molar refractivity (Wildman–Crippen MR) is 208 cm³/mol. The third-order valence-electron chi connectivity index (χ3n) is 9.01. The highest BCUT2D eigenvalue weighted by atomic mass is 35.5. The molecular formula is C35H59ClN10O10. The molecule has 0 unspecified atom stereocenters. The van der Waals surface area contributed by atoms with Gasteiger partial charge in [-0.1, -0.05) is 35.9 Å². The van der Waals surface area contributed by atoms with Gasteiger partial charge in [0, 0.05) is 26.1 Å². The number of hydrogen-bond donors (Lipinski definition) is 15. The summed E-state index contributed by atoms with van der Waals surface area (Å²) in [6.45, 7) is -0.0511. The van der Waals surface area contributed by atoms with Gasteiger partial charge in [-0.2, -0.15) is 0 Å². The molecule has 0 saturated carbocycles. The molecule has 0 aliphatic heterocycles. The number of guanidine groups is 1. The smallest absolute Gasteiger partial charge is 0.280 e. The molecule has 18 N–H and O–H groups in total. The minimum atomic E-state index is -1.58. The maximum absolute atomic E-state index is 12.3. The lowest BCUT2D eigenvalue weighted by Crippen LogP contribution is -2.44. The van der Waals surface area contributed by atoms with Crippen molar-refractivity contribution >= 4 is 41.0 Å². The van der Waals surface area contributed by atoms with Crippen molar-refractivity contribution in [2.75, 3.05) is 57.4 Å². The lowest BCUT2D eigenvalue weighted by Gasteiger charge is -2.29. The quantitative estimate of drug-likeness (QED) is 0.0237. The van der Waals surface area contributed by atoms with Crippen LogP contribution in [0, 0.1) is 5.41 Å². The molecule has 0 fully saturated rings. The Balaban J connectivity index is 1.77. The van der Waals surface area contributed by atoms with Gasteiger partial charge in [0.05, 0.1) is 37.6 Å². The van der Waals surface area contributed by atoms with Crippen LogP contribution in [0.1, 0.15) is 60.1 Å². The number of nitrogens with zero attached hydrogens (tertiary/aromatic N) is 3. The molecule has 0 saturated heterocycles. The number of halogens is 1. The monoisotopic (exact) mass is 814 g/mol. The summed E-state index contributed by atoms with van der Waals surface area (Å²) in [5.74, 6) is -1.80. The van der Waals surface area contributed by atoms with Crippen LogP contribution >= 0.6 is 11.6 Å². The van der Waals surface area contributed by atoms with E-state index in [1.807, 2.05) is 24.3 Å². The van der Waals surface area contributed by atoms with E-state index in [9.17, 15) is 40.2 Å². The second kappa shape index (κ2) is 25.5. The molecule has 2 rings (SSSR count). The zero-order chi connectivity index (χ0) is 41.8. The number of nitrogens with two attached hydrogens (primary N) is 3. The van der Waals surface area contributed by atoms with Crippen LogP contribution in [0.3, 0.4) is 0 Å². The molecular weight excluding hydrogens is 756 g/mol. The van der Waals surface area contributed by atoms with Crippen LogP contribution in [0.4, 0.5) is 11.6 Å². The predicted octanol–water partition coefficient (Wildman–Crippen LogP) is -3.43. The van der Waals surface area contributed by atoms with E-state index in [1.54, 1.807) is 4.90 Å². The van der Waals surface area contributed by atoms with Crippen molar-refractivity contribution in [2.45, 2.75) is 94.0 Å². The number of aliphatic hydroxyl groups excluding tert-OH is 8. The van der Waals surface area contributed by atoms with Gasteiger partial charge in [0.1, 0.15) is 18.3 Å². The van der Waals surface area contributed by atoms with Crippen LogP contribution < -0.4 is 33.2 Å². The Morgan fingerprint density at radius 3 is 2.07 bits per heavy atom. The number of primary amides is 1. The van der Waals surface area contributed by atoms with Crippen molar-refractivity contribution in [1.29, 1.82) is 5.41 Å². The standard InChI is InChI=1S/C35H59ClN10O10/c36-30-32(38)44-31(37)28(43-30)34(56)45-35(40)42-12-2-1-4-20-5-7-21(8-6-20)9-10-23(33(39)55)41-13-3-14-46(15-11-24(50)29(54)27(53)19-48)17-22(49)16-25(51)26(52)18-47/h5-8,22-27,29,41,47-54H,1-4,9-19H2,(H2,39,55)(H4,37,38,44)(H3,40,42,45,56)/t22-,23+,24-,25+,26-,27-,29+/m1/s1. The van der Waals surface area contributed by atoms with Crippen LogP contribution in [-0.2, 0) is 17.6 Å². The number of nitrogen functional groups attached to an aromatic ring is 2. The van der Waals surface area contributed by atoms with E-state index < -0.39 is 67.7 Å². The summed E-state index contributed by atoms with van der Waals surface area (Å²) >= 11 is 5.81. The number of anilines is 2. The van der Waals surface area contributed by atoms with E-state index in [1.165, 1.54) is 0 Å². The molecule has 0 bridgehead atoms. The minimum Gasteiger partial charge on any atom is -0.394 e. The lowest BCUT2D eigenvalue weighted by molar-refractivity contribution is -0.120. The highest BCUT2D eigenvalue weighted by Gasteiger charge is 2.26. The zero-order valence-electron chi connectivity index (χ0n) is 31.3. The van der Waals surface area contributed by atoms with Crippen molar-refractivity contribution in [3.8, 4) is 0 Å². The summed E-state index contributed by atoms with van der Waals surface area (Å²) < 4.78 is 0. The molecule has 2 amide bonds. The van der Waals surface area contributed by atoms with Gasteiger partial charge in [-0.25, -0.2) is 9.97 Å².